The van der Waals surface area contributed by atoms with Crippen molar-refractivity contribution in [3.8, 4) is 0 Å². The molecular formula is C17H21N. The first kappa shape index (κ1) is 10.8. The average molecular weight is 239 g/mol. The number of allylic oxidation sites excluding steroid dienone is 1. The van der Waals surface area contributed by atoms with Gasteiger partial charge in [0.05, 0.1) is 0 Å². The van der Waals surface area contributed by atoms with Crippen LogP contribution in [0.2, 0.25) is 0 Å². The van der Waals surface area contributed by atoms with Gasteiger partial charge in [-0.25, -0.2) is 0 Å². The lowest BCUT2D eigenvalue weighted by molar-refractivity contribution is 0.518. The Morgan fingerprint density at radius 3 is 3.06 bits per heavy atom. The Bertz CT molecular complexity index is 502. The molecule has 3 unspecified atom stereocenters. The van der Waals surface area contributed by atoms with Gasteiger partial charge in [-0.15, -0.1) is 0 Å². The maximum Gasteiger partial charge on any atom is 0.0102 e. The molecule has 1 heteroatoms. The molecule has 18 heavy (non-hydrogen) atoms. The van der Waals surface area contributed by atoms with Gasteiger partial charge in [-0.1, -0.05) is 29.8 Å². The quantitative estimate of drug-likeness (QED) is 0.791. The van der Waals surface area contributed by atoms with Crippen LogP contribution in [0.25, 0.3) is 6.08 Å². The average Bonchev–Trinajstić information content (AvgIpc) is 2.97. The van der Waals surface area contributed by atoms with E-state index in [1.54, 1.807) is 5.56 Å². The minimum absolute atomic E-state index is 0.799. The fourth-order valence-corrected chi connectivity index (χ4v) is 4.20. The molecule has 1 nitrogen and oxygen atoms in total. The molecule has 1 aromatic rings. The van der Waals surface area contributed by atoms with Gasteiger partial charge in [-0.3, -0.25) is 0 Å². The molecule has 94 valence electrons. The van der Waals surface area contributed by atoms with Crippen LogP contribution in [0, 0.1) is 5.92 Å². The van der Waals surface area contributed by atoms with E-state index in [2.05, 4.69) is 36.5 Å². The fourth-order valence-electron chi connectivity index (χ4n) is 4.20. The zero-order valence-corrected chi connectivity index (χ0v) is 11.1. The Labute approximate surface area is 109 Å². The number of rotatable bonds is 1. The van der Waals surface area contributed by atoms with Crippen molar-refractivity contribution in [2.75, 3.05) is 6.54 Å². The third-order valence-electron chi connectivity index (χ3n) is 5.13. The van der Waals surface area contributed by atoms with Crippen molar-refractivity contribution in [1.82, 2.24) is 5.32 Å². The van der Waals surface area contributed by atoms with E-state index in [4.69, 9.17) is 0 Å². The van der Waals surface area contributed by atoms with Crippen LogP contribution in [-0.4, -0.2) is 12.6 Å². The largest absolute Gasteiger partial charge is 0.314 e. The highest BCUT2D eigenvalue weighted by Crippen LogP contribution is 2.43. The molecule has 0 radical (unpaired) electrons. The highest BCUT2D eigenvalue weighted by Gasteiger charge is 2.37. The number of hydrogen-bond donors (Lipinski definition) is 1. The molecule has 0 spiro atoms. The van der Waals surface area contributed by atoms with Crippen LogP contribution in [0.3, 0.4) is 0 Å². The third kappa shape index (κ3) is 1.65. The van der Waals surface area contributed by atoms with Crippen LogP contribution < -0.4 is 5.32 Å². The lowest BCUT2D eigenvalue weighted by atomic mass is 9.93. The van der Waals surface area contributed by atoms with Gasteiger partial charge in [0.1, 0.15) is 0 Å². The highest BCUT2D eigenvalue weighted by molar-refractivity contribution is 5.64. The normalized spacial score (nSPS) is 33.4. The maximum atomic E-state index is 3.67. The standard InChI is InChI=1S/C17H21N/c1-11-6-12-2-3-13(8-15(12)7-11)16-9-14-4-5-18-17(14)10-16/h2-3,7-8,14,16-18H,4-6,9-10H2,1H3. The maximum absolute atomic E-state index is 3.67. The molecule has 0 bridgehead atoms. The van der Waals surface area contributed by atoms with Gasteiger partial charge in [0.15, 0.2) is 0 Å². The van der Waals surface area contributed by atoms with Crippen molar-refractivity contribution in [3.63, 3.8) is 0 Å². The molecule has 1 aliphatic heterocycles. The van der Waals surface area contributed by atoms with Gasteiger partial charge >= 0.3 is 0 Å². The zero-order chi connectivity index (χ0) is 12.1. The first-order valence-corrected chi connectivity index (χ1v) is 7.33. The summed E-state index contributed by atoms with van der Waals surface area (Å²) in [5, 5.41) is 3.67. The summed E-state index contributed by atoms with van der Waals surface area (Å²) in [4.78, 5) is 0. The first-order chi connectivity index (χ1) is 8.79. The lowest BCUT2D eigenvalue weighted by Gasteiger charge is -2.13. The summed E-state index contributed by atoms with van der Waals surface area (Å²) in [5.74, 6) is 1.74. The molecule has 3 aliphatic rings. The Balaban J connectivity index is 1.61. The van der Waals surface area contributed by atoms with Crippen molar-refractivity contribution in [2.24, 2.45) is 5.92 Å². The number of hydrogen-bond acceptors (Lipinski definition) is 1. The summed E-state index contributed by atoms with van der Waals surface area (Å²) < 4.78 is 0. The molecule has 1 aromatic carbocycles. The van der Waals surface area contributed by atoms with Gasteiger partial charge in [0.2, 0.25) is 0 Å². The van der Waals surface area contributed by atoms with Gasteiger partial charge in [0.25, 0.3) is 0 Å². The molecule has 0 aromatic heterocycles. The van der Waals surface area contributed by atoms with Gasteiger partial charge in [-0.2, -0.15) is 0 Å². The Morgan fingerprint density at radius 2 is 2.17 bits per heavy atom. The molecule has 2 fully saturated rings. The summed E-state index contributed by atoms with van der Waals surface area (Å²) in [5.41, 5.74) is 6.09. The first-order valence-electron chi connectivity index (χ1n) is 7.33. The van der Waals surface area contributed by atoms with Crippen molar-refractivity contribution in [1.29, 1.82) is 0 Å². The predicted molar refractivity (Wildman–Crippen MR) is 75.7 cm³/mol. The van der Waals surface area contributed by atoms with E-state index in [0.717, 1.165) is 24.3 Å². The minimum Gasteiger partial charge on any atom is -0.314 e. The summed E-state index contributed by atoms with van der Waals surface area (Å²) >= 11 is 0. The van der Waals surface area contributed by atoms with Crippen LogP contribution in [0.4, 0.5) is 0 Å². The van der Waals surface area contributed by atoms with Crippen molar-refractivity contribution < 1.29 is 0 Å². The Hall–Kier alpha value is -1.08. The minimum atomic E-state index is 0.799. The summed E-state index contributed by atoms with van der Waals surface area (Å²) in [7, 11) is 0. The van der Waals surface area contributed by atoms with Crippen molar-refractivity contribution in [2.45, 2.75) is 44.6 Å². The van der Waals surface area contributed by atoms with Crippen LogP contribution in [0.1, 0.15) is 48.8 Å². The van der Waals surface area contributed by atoms with Crippen LogP contribution in [-0.2, 0) is 6.42 Å². The second-order valence-corrected chi connectivity index (χ2v) is 6.40. The Morgan fingerprint density at radius 1 is 1.22 bits per heavy atom. The molecule has 1 N–H and O–H groups in total. The smallest absolute Gasteiger partial charge is 0.0102 e. The lowest BCUT2D eigenvalue weighted by Crippen LogP contribution is -2.22. The zero-order valence-electron chi connectivity index (χ0n) is 11.1. The second kappa shape index (κ2) is 3.96. The number of fused-ring (bicyclic) bond motifs is 2. The predicted octanol–water partition coefficient (Wildman–Crippen LogP) is 3.50. The van der Waals surface area contributed by atoms with Gasteiger partial charge in [0, 0.05) is 6.04 Å². The molecule has 3 atom stereocenters. The van der Waals surface area contributed by atoms with E-state index >= 15 is 0 Å². The van der Waals surface area contributed by atoms with Gasteiger partial charge < -0.3 is 5.32 Å². The molecule has 1 heterocycles. The van der Waals surface area contributed by atoms with Crippen molar-refractivity contribution >= 4 is 6.08 Å². The van der Waals surface area contributed by atoms with Crippen LogP contribution in [0.15, 0.2) is 23.8 Å². The molecule has 0 amide bonds. The summed E-state index contributed by atoms with van der Waals surface area (Å²) in [6.07, 6.45) is 7.68. The van der Waals surface area contributed by atoms with E-state index in [1.165, 1.54) is 42.5 Å². The van der Waals surface area contributed by atoms with Gasteiger partial charge in [-0.05, 0) is 67.7 Å². The fraction of sp³-hybridized carbons (Fsp3) is 0.529. The third-order valence-corrected chi connectivity index (χ3v) is 5.13. The summed E-state index contributed by atoms with van der Waals surface area (Å²) in [6, 6.07) is 8.01. The second-order valence-electron chi connectivity index (χ2n) is 6.40. The van der Waals surface area contributed by atoms with Crippen LogP contribution in [0.5, 0.6) is 0 Å². The Kier molecular flexibility index (Phi) is 2.38. The number of nitrogens with one attached hydrogen (secondary N) is 1. The molecule has 4 rings (SSSR count). The molecule has 1 saturated carbocycles. The van der Waals surface area contributed by atoms with E-state index < -0.39 is 0 Å². The molecule has 2 aliphatic carbocycles. The SMILES string of the molecule is CC1=Cc2cc(C3CC4CCNC4C3)ccc2C1. The summed E-state index contributed by atoms with van der Waals surface area (Å²) in [6.45, 7) is 3.48. The monoisotopic (exact) mass is 239 g/mol. The van der Waals surface area contributed by atoms with Crippen molar-refractivity contribution in [3.05, 3.63) is 40.5 Å². The topological polar surface area (TPSA) is 12.0 Å². The van der Waals surface area contributed by atoms with Crippen LogP contribution >= 0.6 is 0 Å². The van der Waals surface area contributed by atoms with E-state index in [9.17, 15) is 0 Å². The molecule has 1 saturated heterocycles. The van der Waals surface area contributed by atoms with E-state index in [0.29, 0.717) is 0 Å². The highest BCUT2D eigenvalue weighted by atomic mass is 15.0. The van der Waals surface area contributed by atoms with E-state index in [1.807, 2.05) is 0 Å². The number of benzene rings is 1. The van der Waals surface area contributed by atoms with E-state index in [-0.39, 0.29) is 0 Å². The molecular weight excluding hydrogens is 218 g/mol.